The maximum absolute atomic E-state index is 14.4. The van der Waals surface area contributed by atoms with Crippen molar-refractivity contribution in [3.05, 3.63) is 71.6 Å². The normalized spacial score (nSPS) is 11.5. The molecule has 0 amide bonds. The highest BCUT2D eigenvalue weighted by molar-refractivity contribution is 7.89. The number of nitrogens with zero attached hydrogens (tertiary/aromatic N) is 3. The Balaban J connectivity index is 2.10. The lowest BCUT2D eigenvalue weighted by molar-refractivity contribution is 0.0683. The fourth-order valence-electron chi connectivity index (χ4n) is 2.36. The predicted octanol–water partition coefficient (Wildman–Crippen LogP) is 1.34. The van der Waals surface area contributed by atoms with Gasteiger partial charge in [0.2, 0.25) is 10.0 Å². The van der Waals surface area contributed by atoms with Gasteiger partial charge in [0, 0.05) is 6.42 Å². The molecule has 0 saturated heterocycles. The second-order valence-electron chi connectivity index (χ2n) is 5.39. The van der Waals surface area contributed by atoms with E-state index in [1.807, 2.05) is 6.07 Å². The molecule has 134 valence electrons. The average molecular weight is 376 g/mol. The number of carboxylic acids is 1. The molecule has 0 atom stereocenters. The first-order valence-electron chi connectivity index (χ1n) is 7.31. The molecule has 0 spiro atoms. The number of benzene rings is 2. The van der Waals surface area contributed by atoms with Gasteiger partial charge in [0.25, 0.3) is 5.82 Å². The van der Waals surface area contributed by atoms with Gasteiger partial charge in [-0.1, -0.05) is 30.3 Å². The Kier molecular flexibility index (Phi) is 4.53. The number of hydrogen-bond acceptors (Lipinski definition) is 5. The van der Waals surface area contributed by atoms with E-state index in [0.29, 0.717) is 0 Å². The van der Waals surface area contributed by atoms with Crippen LogP contribution in [0, 0.1) is 5.82 Å². The number of hydrogen-bond donors (Lipinski definition) is 2. The first-order valence-corrected chi connectivity index (χ1v) is 8.86. The van der Waals surface area contributed by atoms with Crippen molar-refractivity contribution < 1.29 is 22.7 Å². The van der Waals surface area contributed by atoms with Crippen LogP contribution in [0.5, 0.6) is 0 Å². The summed E-state index contributed by atoms with van der Waals surface area (Å²) in [5, 5.41) is 17.9. The maximum Gasteiger partial charge on any atom is 0.375 e. The minimum absolute atomic E-state index is 0.136. The zero-order valence-corrected chi connectivity index (χ0v) is 14.0. The lowest BCUT2D eigenvalue weighted by atomic mass is 10.1. The summed E-state index contributed by atoms with van der Waals surface area (Å²) < 4.78 is 38.1. The number of nitrogens with two attached hydrogens (primary N) is 1. The van der Waals surface area contributed by atoms with Gasteiger partial charge in [-0.2, -0.15) is 0 Å². The topological polar surface area (TPSA) is 128 Å². The van der Waals surface area contributed by atoms with E-state index in [9.17, 15) is 17.6 Å². The second kappa shape index (κ2) is 6.65. The van der Waals surface area contributed by atoms with Crippen molar-refractivity contribution in [1.29, 1.82) is 0 Å². The minimum atomic E-state index is -4.07. The highest BCUT2D eigenvalue weighted by Gasteiger charge is 2.20. The number of primary sulfonamides is 1. The molecule has 0 bridgehead atoms. The average Bonchev–Trinajstić information content (AvgIpc) is 2.99. The number of aromatic nitrogens is 3. The van der Waals surface area contributed by atoms with E-state index in [2.05, 4.69) is 10.1 Å². The van der Waals surface area contributed by atoms with Crippen LogP contribution in [0.2, 0.25) is 0 Å². The Labute approximate surface area is 147 Å². The summed E-state index contributed by atoms with van der Waals surface area (Å²) in [6.45, 7) is 0. The smallest absolute Gasteiger partial charge is 0.375 e. The summed E-state index contributed by atoms with van der Waals surface area (Å²) in [4.78, 5) is 14.7. The monoisotopic (exact) mass is 376 g/mol. The van der Waals surface area contributed by atoms with E-state index >= 15 is 0 Å². The van der Waals surface area contributed by atoms with Crippen LogP contribution in [-0.2, 0) is 16.4 Å². The number of carbonyl (C=O) groups is 1. The van der Waals surface area contributed by atoms with Gasteiger partial charge >= 0.3 is 5.97 Å². The minimum Gasteiger partial charge on any atom is -0.475 e. The van der Waals surface area contributed by atoms with Gasteiger partial charge in [-0.25, -0.2) is 32.4 Å². The molecule has 3 aromatic rings. The SMILES string of the molecule is NS(=O)(=O)c1ccc(-n2nc(C(=O)O)nc2Cc2ccccc2)c(F)c1. The van der Waals surface area contributed by atoms with E-state index in [1.165, 1.54) is 0 Å². The van der Waals surface area contributed by atoms with Crippen LogP contribution in [0.1, 0.15) is 22.0 Å². The number of halogens is 1. The second-order valence-corrected chi connectivity index (χ2v) is 6.95. The third-order valence-electron chi connectivity index (χ3n) is 3.55. The Hall–Kier alpha value is -3.11. The summed E-state index contributed by atoms with van der Waals surface area (Å²) in [6.07, 6.45) is 0.206. The first kappa shape index (κ1) is 17.7. The van der Waals surface area contributed by atoms with Crippen molar-refractivity contribution in [3.63, 3.8) is 0 Å². The van der Waals surface area contributed by atoms with E-state index in [0.717, 1.165) is 28.4 Å². The molecule has 3 rings (SSSR count). The van der Waals surface area contributed by atoms with Crippen LogP contribution in [0.4, 0.5) is 4.39 Å². The van der Waals surface area contributed by atoms with Crippen molar-refractivity contribution >= 4 is 16.0 Å². The quantitative estimate of drug-likeness (QED) is 0.691. The number of rotatable bonds is 5. The highest BCUT2D eigenvalue weighted by atomic mass is 32.2. The standard InChI is InChI=1S/C16H13FN4O4S/c17-12-9-11(26(18,24)25)6-7-13(12)21-14(19-15(20-21)16(22)23)8-10-4-2-1-3-5-10/h1-7,9H,8H2,(H,22,23)(H2,18,24,25). The van der Waals surface area contributed by atoms with Gasteiger partial charge in [-0.3, -0.25) is 0 Å². The van der Waals surface area contributed by atoms with Crippen LogP contribution in [0.25, 0.3) is 5.69 Å². The number of aromatic carboxylic acids is 1. The third kappa shape index (κ3) is 3.60. The number of sulfonamides is 1. The zero-order valence-electron chi connectivity index (χ0n) is 13.2. The van der Waals surface area contributed by atoms with Gasteiger partial charge in [0.05, 0.1) is 4.90 Å². The molecule has 0 aliphatic carbocycles. The molecule has 1 aromatic heterocycles. The molecule has 0 saturated carbocycles. The molecule has 0 radical (unpaired) electrons. The lowest BCUT2D eigenvalue weighted by Gasteiger charge is -2.08. The van der Waals surface area contributed by atoms with Gasteiger partial charge in [0.1, 0.15) is 17.3 Å². The Morgan fingerprint density at radius 2 is 1.88 bits per heavy atom. The van der Waals surface area contributed by atoms with Crippen LogP contribution in [-0.4, -0.2) is 34.3 Å². The maximum atomic E-state index is 14.4. The first-order chi connectivity index (χ1) is 12.3. The number of carboxylic acid groups (broad SMARTS) is 1. The molecule has 2 aromatic carbocycles. The molecular weight excluding hydrogens is 363 g/mol. The molecule has 3 N–H and O–H groups in total. The largest absolute Gasteiger partial charge is 0.475 e. The molecular formula is C16H13FN4O4S. The van der Waals surface area contributed by atoms with E-state index in [1.54, 1.807) is 24.3 Å². The predicted molar refractivity (Wildman–Crippen MR) is 88.9 cm³/mol. The Morgan fingerprint density at radius 1 is 1.19 bits per heavy atom. The Bertz CT molecular complexity index is 1080. The van der Waals surface area contributed by atoms with Gasteiger partial charge in [-0.15, -0.1) is 5.10 Å². The molecule has 0 aliphatic heterocycles. The van der Waals surface area contributed by atoms with Crippen LogP contribution < -0.4 is 5.14 Å². The van der Waals surface area contributed by atoms with Crippen molar-refractivity contribution in [2.45, 2.75) is 11.3 Å². The van der Waals surface area contributed by atoms with Gasteiger partial charge in [0.15, 0.2) is 0 Å². The van der Waals surface area contributed by atoms with Crippen molar-refractivity contribution in [1.82, 2.24) is 14.8 Å². The van der Waals surface area contributed by atoms with Crippen LogP contribution >= 0.6 is 0 Å². The molecule has 26 heavy (non-hydrogen) atoms. The van der Waals surface area contributed by atoms with Crippen LogP contribution in [0.3, 0.4) is 0 Å². The van der Waals surface area contributed by atoms with Crippen molar-refractivity contribution in [2.24, 2.45) is 5.14 Å². The van der Waals surface area contributed by atoms with Crippen LogP contribution in [0.15, 0.2) is 53.4 Å². The fraction of sp³-hybridized carbons (Fsp3) is 0.0625. The van der Waals surface area contributed by atoms with Crippen molar-refractivity contribution in [2.75, 3.05) is 0 Å². The molecule has 0 fully saturated rings. The lowest BCUT2D eigenvalue weighted by Crippen LogP contribution is -2.13. The summed E-state index contributed by atoms with van der Waals surface area (Å²) >= 11 is 0. The molecule has 10 heteroatoms. The summed E-state index contributed by atoms with van der Waals surface area (Å²) in [7, 11) is -4.07. The van der Waals surface area contributed by atoms with Gasteiger partial charge in [-0.05, 0) is 23.8 Å². The molecule has 0 aliphatic rings. The van der Waals surface area contributed by atoms with Gasteiger partial charge < -0.3 is 5.11 Å². The zero-order chi connectivity index (χ0) is 18.9. The van der Waals surface area contributed by atoms with E-state index in [4.69, 9.17) is 10.2 Å². The molecule has 1 heterocycles. The third-order valence-corrected chi connectivity index (χ3v) is 4.46. The molecule has 8 nitrogen and oxygen atoms in total. The summed E-state index contributed by atoms with van der Waals surface area (Å²) in [5.41, 5.74) is 0.683. The van der Waals surface area contributed by atoms with E-state index in [-0.39, 0.29) is 17.9 Å². The summed E-state index contributed by atoms with van der Waals surface area (Å²) in [6, 6.07) is 12.1. The van der Waals surface area contributed by atoms with Crippen molar-refractivity contribution in [3.8, 4) is 5.69 Å². The fourth-order valence-corrected chi connectivity index (χ4v) is 2.88. The highest BCUT2D eigenvalue weighted by Crippen LogP contribution is 2.20. The van der Waals surface area contributed by atoms with E-state index < -0.39 is 32.5 Å². The summed E-state index contributed by atoms with van der Waals surface area (Å²) in [5.74, 6) is -2.59. The Morgan fingerprint density at radius 3 is 2.46 bits per heavy atom. The molecule has 0 unspecified atom stereocenters.